The molecule has 1 heterocycles. The number of amidine groups is 1. The summed E-state index contributed by atoms with van der Waals surface area (Å²) in [6.07, 6.45) is 1.89. The van der Waals surface area contributed by atoms with Crippen molar-refractivity contribution >= 4 is 46.0 Å². The average molecular weight is 385 g/mol. The molecule has 0 unspecified atom stereocenters. The molecule has 0 spiro atoms. The molecule has 1 saturated heterocycles. The highest BCUT2D eigenvalue weighted by Gasteiger charge is 2.23. The normalized spacial score (nSPS) is 16.4. The lowest BCUT2D eigenvalue weighted by Crippen LogP contribution is -2.19. The Kier molecular flexibility index (Phi) is 5.26. The molecule has 1 amide bonds. The van der Waals surface area contributed by atoms with Gasteiger partial charge in [0.25, 0.3) is 5.91 Å². The highest BCUT2D eigenvalue weighted by Crippen LogP contribution is 2.29. The summed E-state index contributed by atoms with van der Waals surface area (Å²) in [7, 11) is 2.04. The highest BCUT2D eigenvalue weighted by molar-refractivity contribution is 8.18. The SMILES string of the molecule is CN(c1ccccc1)c1ccc(/C=C2/SC(=Nc3ccccc3)NC2=O)cc1. The second kappa shape index (κ2) is 8.15. The highest BCUT2D eigenvalue weighted by atomic mass is 32.2. The molecule has 28 heavy (non-hydrogen) atoms. The van der Waals surface area contributed by atoms with Crippen LogP contribution in [0, 0.1) is 0 Å². The minimum atomic E-state index is -0.120. The Labute approximate surface area is 168 Å². The van der Waals surface area contributed by atoms with Crippen molar-refractivity contribution < 1.29 is 4.79 Å². The van der Waals surface area contributed by atoms with Gasteiger partial charge in [0.1, 0.15) is 0 Å². The maximum absolute atomic E-state index is 12.3. The van der Waals surface area contributed by atoms with Gasteiger partial charge in [-0.15, -0.1) is 0 Å². The summed E-state index contributed by atoms with van der Waals surface area (Å²) in [6, 6.07) is 27.9. The maximum atomic E-state index is 12.3. The van der Waals surface area contributed by atoms with Crippen LogP contribution in [-0.2, 0) is 4.79 Å². The molecule has 1 fully saturated rings. The van der Waals surface area contributed by atoms with Crippen LogP contribution < -0.4 is 10.2 Å². The van der Waals surface area contributed by atoms with Crippen molar-refractivity contribution in [1.82, 2.24) is 5.32 Å². The van der Waals surface area contributed by atoms with Crippen molar-refractivity contribution in [3.05, 3.63) is 95.4 Å². The van der Waals surface area contributed by atoms with Gasteiger partial charge >= 0.3 is 0 Å². The number of rotatable bonds is 4. The van der Waals surface area contributed by atoms with E-state index in [0.717, 1.165) is 22.6 Å². The van der Waals surface area contributed by atoms with Gasteiger partial charge < -0.3 is 10.2 Å². The molecule has 0 aromatic heterocycles. The van der Waals surface area contributed by atoms with Gasteiger partial charge in [-0.05, 0) is 59.8 Å². The summed E-state index contributed by atoms with van der Waals surface area (Å²) < 4.78 is 0. The average Bonchev–Trinajstić information content (AvgIpc) is 3.08. The fraction of sp³-hybridized carbons (Fsp3) is 0.0435. The van der Waals surface area contributed by atoms with E-state index in [1.54, 1.807) is 0 Å². The Bertz CT molecular complexity index is 1030. The molecule has 0 saturated carbocycles. The molecule has 4 rings (SSSR count). The lowest BCUT2D eigenvalue weighted by Gasteiger charge is -2.19. The largest absolute Gasteiger partial charge is 0.345 e. The number of para-hydroxylation sites is 2. The van der Waals surface area contributed by atoms with E-state index in [-0.39, 0.29) is 5.91 Å². The molecule has 0 aliphatic carbocycles. The minimum absolute atomic E-state index is 0.120. The van der Waals surface area contributed by atoms with Crippen LogP contribution in [0.4, 0.5) is 17.1 Å². The van der Waals surface area contributed by atoms with Crippen LogP contribution in [0.5, 0.6) is 0 Å². The third-order valence-corrected chi connectivity index (χ3v) is 5.27. The first-order chi connectivity index (χ1) is 13.7. The van der Waals surface area contributed by atoms with Crippen LogP contribution in [0.15, 0.2) is 94.8 Å². The second-order valence-corrected chi connectivity index (χ2v) is 7.33. The number of carbonyl (C=O) groups excluding carboxylic acids is 1. The lowest BCUT2D eigenvalue weighted by molar-refractivity contribution is -0.115. The Hall–Kier alpha value is -3.31. The summed E-state index contributed by atoms with van der Waals surface area (Å²) >= 11 is 1.36. The first-order valence-corrected chi connectivity index (χ1v) is 9.74. The zero-order valence-electron chi connectivity index (χ0n) is 15.4. The Balaban J connectivity index is 1.50. The van der Waals surface area contributed by atoms with Gasteiger partial charge in [-0.25, -0.2) is 4.99 Å². The molecule has 5 heteroatoms. The van der Waals surface area contributed by atoms with Gasteiger partial charge in [0.15, 0.2) is 5.17 Å². The number of hydrogen-bond donors (Lipinski definition) is 1. The maximum Gasteiger partial charge on any atom is 0.264 e. The molecule has 0 atom stereocenters. The zero-order valence-corrected chi connectivity index (χ0v) is 16.2. The third kappa shape index (κ3) is 4.15. The number of thioether (sulfide) groups is 1. The van der Waals surface area contributed by atoms with E-state index < -0.39 is 0 Å². The Morgan fingerprint density at radius 2 is 1.46 bits per heavy atom. The predicted molar refractivity (Wildman–Crippen MR) is 118 cm³/mol. The predicted octanol–water partition coefficient (Wildman–Crippen LogP) is 5.35. The molecule has 3 aromatic rings. The number of hydrogen-bond acceptors (Lipinski definition) is 4. The summed E-state index contributed by atoms with van der Waals surface area (Å²) in [5, 5.41) is 3.42. The van der Waals surface area contributed by atoms with Crippen LogP contribution in [0.3, 0.4) is 0 Å². The van der Waals surface area contributed by atoms with E-state index >= 15 is 0 Å². The van der Waals surface area contributed by atoms with Gasteiger partial charge in [-0.1, -0.05) is 48.5 Å². The monoisotopic (exact) mass is 385 g/mol. The Morgan fingerprint density at radius 1 is 0.857 bits per heavy atom. The summed E-state index contributed by atoms with van der Waals surface area (Å²) in [4.78, 5) is 19.5. The van der Waals surface area contributed by atoms with Gasteiger partial charge in [0, 0.05) is 18.4 Å². The third-order valence-electron chi connectivity index (χ3n) is 4.36. The van der Waals surface area contributed by atoms with Crippen LogP contribution in [0.25, 0.3) is 6.08 Å². The number of aliphatic imine (C=N–C) groups is 1. The van der Waals surface area contributed by atoms with E-state index in [4.69, 9.17) is 0 Å². The van der Waals surface area contributed by atoms with E-state index in [2.05, 4.69) is 39.5 Å². The Morgan fingerprint density at radius 3 is 2.14 bits per heavy atom. The number of anilines is 2. The smallest absolute Gasteiger partial charge is 0.264 e. The van der Waals surface area contributed by atoms with Crippen molar-refractivity contribution in [2.24, 2.45) is 4.99 Å². The van der Waals surface area contributed by atoms with Gasteiger partial charge in [0.05, 0.1) is 10.6 Å². The number of nitrogens with zero attached hydrogens (tertiary/aromatic N) is 2. The molecule has 0 radical (unpaired) electrons. The molecule has 0 bridgehead atoms. The summed E-state index contributed by atoms with van der Waals surface area (Å²) in [6.45, 7) is 0. The number of carbonyl (C=O) groups is 1. The van der Waals surface area contributed by atoms with Crippen molar-refractivity contribution in [3.8, 4) is 0 Å². The first-order valence-electron chi connectivity index (χ1n) is 8.92. The summed E-state index contributed by atoms with van der Waals surface area (Å²) in [5.74, 6) is -0.120. The molecular weight excluding hydrogens is 366 g/mol. The van der Waals surface area contributed by atoms with E-state index in [1.165, 1.54) is 11.8 Å². The zero-order chi connectivity index (χ0) is 19.3. The van der Waals surface area contributed by atoms with Crippen molar-refractivity contribution in [2.45, 2.75) is 0 Å². The van der Waals surface area contributed by atoms with Crippen LogP contribution >= 0.6 is 11.8 Å². The molecule has 1 aliphatic rings. The molecule has 3 aromatic carbocycles. The molecule has 1 aliphatic heterocycles. The van der Waals surface area contributed by atoms with Crippen molar-refractivity contribution in [3.63, 3.8) is 0 Å². The van der Waals surface area contributed by atoms with E-state index in [0.29, 0.717) is 10.1 Å². The fourth-order valence-electron chi connectivity index (χ4n) is 2.85. The topological polar surface area (TPSA) is 44.7 Å². The van der Waals surface area contributed by atoms with Crippen LogP contribution in [-0.4, -0.2) is 18.1 Å². The van der Waals surface area contributed by atoms with Crippen LogP contribution in [0.1, 0.15) is 5.56 Å². The number of amides is 1. The number of nitrogens with one attached hydrogen (secondary N) is 1. The van der Waals surface area contributed by atoms with E-state index in [9.17, 15) is 4.79 Å². The second-order valence-electron chi connectivity index (χ2n) is 6.30. The van der Waals surface area contributed by atoms with Crippen LogP contribution in [0.2, 0.25) is 0 Å². The summed E-state index contributed by atoms with van der Waals surface area (Å²) in [5.41, 5.74) is 4.01. The van der Waals surface area contributed by atoms with Gasteiger partial charge in [-0.2, -0.15) is 0 Å². The molecule has 138 valence electrons. The molecule has 1 N–H and O–H groups in total. The number of benzene rings is 3. The molecule has 4 nitrogen and oxygen atoms in total. The molecular formula is C23H19N3OS. The lowest BCUT2D eigenvalue weighted by atomic mass is 10.1. The minimum Gasteiger partial charge on any atom is -0.345 e. The quantitative estimate of drug-likeness (QED) is 0.616. The van der Waals surface area contributed by atoms with Gasteiger partial charge in [0.2, 0.25) is 0 Å². The first kappa shape index (κ1) is 18.1. The van der Waals surface area contributed by atoms with E-state index in [1.807, 2.05) is 73.8 Å². The van der Waals surface area contributed by atoms with Crippen molar-refractivity contribution in [2.75, 3.05) is 11.9 Å². The standard InChI is InChI=1S/C23H19N3OS/c1-26(19-10-6-3-7-11-19)20-14-12-17(13-15-20)16-21-22(27)25-23(28-21)24-18-8-4-2-5-9-18/h2-16H,1H3,(H,24,25,27)/b21-16+. The van der Waals surface area contributed by atoms with Crippen molar-refractivity contribution in [1.29, 1.82) is 0 Å². The fourth-order valence-corrected chi connectivity index (χ4v) is 3.69. The van der Waals surface area contributed by atoms with Gasteiger partial charge in [-0.3, -0.25) is 4.79 Å².